The van der Waals surface area contributed by atoms with Crippen molar-refractivity contribution in [1.82, 2.24) is 10.2 Å². The Morgan fingerprint density at radius 1 is 0.976 bits per heavy atom. The first kappa shape index (κ1) is 32.0. The van der Waals surface area contributed by atoms with Crippen LogP contribution in [0.15, 0.2) is 83.3 Å². The number of benzene rings is 3. The summed E-state index contributed by atoms with van der Waals surface area (Å²) >= 11 is 9.59. The first-order valence-corrected chi connectivity index (χ1v) is 17.2. The maximum absolute atomic E-state index is 14.0. The van der Waals surface area contributed by atoms with Crippen molar-refractivity contribution >= 4 is 55.1 Å². The molecule has 0 spiro atoms. The Morgan fingerprint density at radius 2 is 1.67 bits per heavy atom. The summed E-state index contributed by atoms with van der Waals surface area (Å²) in [5, 5.41) is 3.64. The largest absolute Gasteiger partial charge is 0.352 e. The van der Waals surface area contributed by atoms with E-state index in [9.17, 15) is 18.0 Å². The number of amides is 2. The molecule has 0 bridgehead atoms. The highest BCUT2D eigenvalue weighted by Crippen LogP contribution is 2.24. The van der Waals surface area contributed by atoms with Crippen molar-refractivity contribution < 1.29 is 18.0 Å². The minimum atomic E-state index is -3.61. The molecule has 1 N–H and O–H groups in total. The van der Waals surface area contributed by atoms with Gasteiger partial charge < -0.3 is 10.2 Å². The van der Waals surface area contributed by atoms with Crippen molar-refractivity contribution in [2.45, 2.75) is 63.6 Å². The monoisotopic (exact) mass is 673 g/mol. The summed E-state index contributed by atoms with van der Waals surface area (Å²) in [7, 11) is -3.61. The standard InChI is InChI=1S/C32H37BrClN3O4S/c1-42(40,41)37(29-14-7-11-27(34)22-29)20-8-15-31(38)36(23-25-16-18-26(33)19-17-25)30(21-24-9-3-2-4-10-24)32(39)35-28-12-5-6-13-28/h2-4,7,9-11,14,16-19,22,28,30H,5-6,8,12-13,15,20-21,23H2,1H3,(H,35,39)/t30-/m1/s1. The number of carbonyl (C=O) groups is 2. The summed E-state index contributed by atoms with van der Waals surface area (Å²) in [5.41, 5.74) is 2.30. The third-order valence-electron chi connectivity index (χ3n) is 7.49. The average Bonchev–Trinajstić information content (AvgIpc) is 3.47. The molecule has 0 heterocycles. The van der Waals surface area contributed by atoms with Gasteiger partial charge in [0.1, 0.15) is 6.04 Å². The number of rotatable bonds is 13. The third kappa shape index (κ3) is 9.31. The lowest BCUT2D eigenvalue weighted by Crippen LogP contribution is -2.52. The molecule has 1 fully saturated rings. The molecule has 0 radical (unpaired) electrons. The molecular formula is C32H37BrClN3O4S. The van der Waals surface area contributed by atoms with Crippen molar-refractivity contribution in [1.29, 1.82) is 0 Å². The highest BCUT2D eigenvalue weighted by Gasteiger charge is 2.32. The normalized spacial score (nSPS) is 14.4. The van der Waals surface area contributed by atoms with Gasteiger partial charge in [-0.25, -0.2) is 8.42 Å². The van der Waals surface area contributed by atoms with E-state index in [0.29, 0.717) is 17.1 Å². The molecule has 3 aromatic carbocycles. The number of hydrogen-bond acceptors (Lipinski definition) is 4. The Balaban J connectivity index is 1.58. The van der Waals surface area contributed by atoms with Crippen molar-refractivity contribution in [3.63, 3.8) is 0 Å². The predicted molar refractivity (Wildman–Crippen MR) is 172 cm³/mol. The topological polar surface area (TPSA) is 86.8 Å². The second-order valence-electron chi connectivity index (χ2n) is 10.8. The van der Waals surface area contributed by atoms with Crippen LogP contribution in [0.5, 0.6) is 0 Å². The molecule has 0 aromatic heterocycles. The van der Waals surface area contributed by atoms with Gasteiger partial charge in [-0.3, -0.25) is 13.9 Å². The van der Waals surface area contributed by atoms with Gasteiger partial charge in [0.05, 0.1) is 11.9 Å². The summed E-state index contributed by atoms with van der Waals surface area (Å²) in [6.07, 6.45) is 5.91. The Hall–Kier alpha value is -2.88. The molecule has 4 rings (SSSR count). The maximum atomic E-state index is 14.0. The summed E-state index contributed by atoms with van der Waals surface area (Å²) in [6.45, 7) is 0.362. The SMILES string of the molecule is CS(=O)(=O)N(CCCC(=O)N(Cc1ccc(Br)cc1)[C@H](Cc1ccccc1)C(=O)NC1CCCC1)c1cccc(Cl)c1. The highest BCUT2D eigenvalue weighted by molar-refractivity contribution is 9.10. The Morgan fingerprint density at radius 3 is 2.31 bits per heavy atom. The van der Waals surface area contributed by atoms with Gasteiger partial charge in [0.25, 0.3) is 0 Å². The summed E-state index contributed by atoms with van der Waals surface area (Å²) in [5.74, 6) is -0.368. The molecule has 1 atom stereocenters. The molecule has 224 valence electrons. The number of sulfonamides is 1. The fraction of sp³-hybridized carbons (Fsp3) is 0.375. The van der Waals surface area contributed by atoms with Crippen LogP contribution in [0.25, 0.3) is 0 Å². The third-order valence-corrected chi connectivity index (χ3v) is 9.45. The lowest BCUT2D eigenvalue weighted by molar-refractivity contribution is -0.141. The molecule has 7 nitrogen and oxygen atoms in total. The molecule has 10 heteroatoms. The molecule has 2 amide bonds. The second kappa shape index (κ2) is 15.0. The minimum absolute atomic E-state index is 0.0745. The molecule has 3 aromatic rings. The molecule has 42 heavy (non-hydrogen) atoms. The van der Waals surface area contributed by atoms with Crippen LogP contribution in [0.2, 0.25) is 5.02 Å². The van der Waals surface area contributed by atoms with E-state index < -0.39 is 16.1 Å². The van der Waals surface area contributed by atoms with Gasteiger partial charge in [-0.15, -0.1) is 0 Å². The number of nitrogens with zero attached hydrogens (tertiary/aromatic N) is 2. The lowest BCUT2D eigenvalue weighted by Gasteiger charge is -2.33. The number of halogens is 2. The van der Waals surface area contributed by atoms with Gasteiger partial charge in [-0.2, -0.15) is 0 Å². The number of anilines is 1. The quantitative estimate of drug-likeness (QED) is 0.229. The number of carbonyl (C=O) groups excluding carboxylic acids is 2. The number of hydrogen-bond donors (Lipinski definition) is 1. The van der Waals surface area contributed by atoms with Crippen molar-refractivity contribution in [3.8, 4) is 0 Å². The maximum Gasteiger partial charge on any atom is 0.243 e. The van der Waals surface area contributed by atoms with Crippen LogP contribution < -0.4 is 9.62 Å². The van der Waals surface area contributed by atoms with Gasteiger partial charge in [0.15, 0.2) is 0 Å². The lowest BCUT2D eigenvalue weighted by atomic mass is 10.0. The van der Waals surface area contributed by atoms with Gasteiger partial charge in [-0.05, 0) is 60.7 Å². The fourth-order valence-corrected chi connectivity index (χ4v) is 6.75. The summed E-state index contributed by atoms with van der Waals surface area (Å²) < 4.78 is 27.4. The Kier molecular flexibility index (Phi) is 11.5. The smallest absolute Gasteiger partial charge is 0.243 e. The van der Waals surface area contributed by atoms with Crippen LogP contribution in [-0.4, -0.2) is 50.0 Å². The molecule has 1 aliphatic carbocycles. The van der Waals surface area contributed by atoms with Gasteiger partial charge in [-0.1, -0.05) is 88.9 Å². The van der Waals surface area contributed by atoms with E-state index in [0.717, 1.165) is 47.5 Å². The van der Waals surface area contributed by atoms with Crippen molar-refractivity contribution in [2.24, 2.45) is 0 Å². The Labute approximate surface area is 262 Å². The van der Waals surface area contributed by atoms with Gasteiger partial charge in [0, 0.05) is 41.5 Å². The van der Waals surface area contributed by atoms with Crippen LogP contribution in [0.4, 0.5) is 5.69 Å². The van der Waals surface area contributed by atoms with E-state index in [1.165, 1.54) is 4.31 Å². The van der Waals surface area contributed by atoms with E-state index in [-0.39, 0.29) is 43.8 Å². The molecule has 0 unspecified atom stereocenters. The highest BCUT2D eigenvalue weighted by atomic mass is 79.9. The van der Waals surface area contributed by atoms with Crippen LogP contribution in [0.3, 0.4) is 0 Å². The summed E-state index contributed by atoms with van der Waals surface area (Å²) in [6, 6.07) is 23.4. The van der Waals surface area contributed by atoms with Crippen molar-refractivity contribution in [3.05, 3.63) is 99.5 Å². The molecule has 0 saturated heterocycles. The minimum Gasteiger partial charge on any atom is -0.352 e. The van der Waals surface area contributed by atoms with Crippen LogP contribution in [0.1, 0.15) is 49.7 Å². The van der Waals surface area contributed by atoms with E-state index in [2.05, 4.69) is 21.2 Å². The fourth-order valence-electron chi connectivity index (χ4n) is 5.34. The second-order valence-corrected chi connectivity index (χ2v) is 14.0. The van der Waals surface area contributed by atoms with Crippen LogP contribution in [0, 0.1) is 0 Å². The van der Waals surface area contributed by atoms with Gasteiger partial charge in [0.2, 0.25) is 21.8 Å². The molecule has 1 aliphatic rings. The van der Waals surface area contributed by atoms with E-state index in [1.54, 1.807) is 29.2 Å². The predicted octanol–water partition coefficient (Wildman–Crippen LogP) is 6.35. The molecule has 1 saturated carbocycles. The first-order chi connectivity index (χ1) is 20.1. The average molecular weight is 675 g/mol. The molecule has 0 aliphatic heterocycles. The molecular weight excluding hydrogens is 638 g/mol. The van der Waals surface area contributed by atoms with Crippen LogP contribution in [-0.2, 0) is 32.6 Å². The van der Waals surface area contributed by atoms with Crippen molar-refractivity contribution in [2.75, 3.05) is 17.1 Å². The zero-order chi connectivity index (χ0) is 30.1. The van der Waals surface area contributed by atoms with E-state index in [1.807, 2.05) is 54.6 Å². The van der Waals surface area contributed by atoms with Crippen LogP contribution >= 0.6 is 27.5 Å². The number of nitrogens with one attached hydrogen (secondary N) is 1. The Bertz CT molecular complexity index is 1450. The van der Waals surface area contributed by atoms with Gasteiger partial charge >= 0.3 is 0 Å². The first-order valence-electron chi connectivity index (χ1n) is 14.2. The zero-order valence-corrected chi connectivity index (χ0v) is 26.9. The van der Waals surface area contributed by atoms with E-state index >= 15 is 0 Å². The van der Waals surface area contributed by atoms with E-state index in [4.69, 9.17) is 11.6 Å². The summed E-state index contributed by atoms with van der Waals surface area (Å²) in [4.78, 5) is 29.4. The zero-order valence-electron chi connectivity index (χ0n) is 23.7.